The van der Waals surface area contributed by atoms with E-state index in [2.05, 4.69) is 25.3 Å². The first kappa shape index (κ1) is 23.4. The number of hydrogen-bond donors (Lipinski definition) is 1. The van der Waals surface area contributed by atoms with Crippen LogP contribution in [0, 0.1) is 11.8 Å². The summed E-state index contributed by atoms with van der Waals surface area (Å²) in [7, 11) is 3.15. The lowest BCUT2D eigenvalue weighted by Crippen LogP contribution is -2.41. The molecular weight excluding hydrogens is 509 g/mol. The Morgan fingerprint density at radius 1 is 1.38 bits per heavy atom. The number of rotatable bonds is 5. The number of carbonyl (C=O) groups is 1. The highest BCUT2D eigenvalue weighted by atomic mass is 127. The first-order valence-electron chi connectivity index (χ1n) is 9.13. The molecule has 0 amide bonds. The molecule has 8 nitrogen and oxygen atoms in total. The highest BCUT2D eigenvalue weighted by molar-refractivity contribution is 14.0. The topological polar surface area (TPSA) is 92.9 Å². The highest BCUT2D eigenvalue weighted by Crippen LogP contribution is 2.24. The van der Waals surface area contributed by atoms with Crippen molar-refractivity contribution in [2.45, 2.75) is 13.3 Å². The largest absolute Gasteiger partial charge is 0.469 e. The van der Waals surface area contributed by atoms with Gasteiger partial charge < -0.3 is 19.5 Å². The molecule has 1 N–H and O–H groups in total. The van der Waals surface area contributed by atoms with Crippen molar-refractivity contribution in [3.8, 4) is 11.4 Å². The molecule has 1 aromatic carbocycles. The zero-order chi connectivity index (χ0) is 20.1. The average Bonchev–Trinajstić information content (AvgIpc) is 3.32. The molecule has 10 heteroatoms. The van der Waals surface area contributed by atoms with E-state index in [1.54, 1.807) is 19.2 Å². The fourth-order valence-electron chi connectivity index (χ4n) is 3.28. The van der Waals surface area contributed by atoms with Crippen molar-refractivity contribution < 1.29 is 14.1 Å². The van der Waals surface area contributed by atoms with Gasteiger partial charge in [0, 0.05) is 43.7 Å². The molecule has 2 heterocycles. The minimum Gasteiger partial charge on any atom is -0.469 e. The van der Waals surface area contributed by atoms with Crippen molar-refractivity contribution in [3.05, 3.63) is 35.2 Å². The lowest BCUT2D eigenvalue weighted by Gasteiger charge is -2.21. The second kappa shape index (κ2) is 10.8. The van der Waals surface area contributed by atoms with E-state index >= 15 is 0 Å². The molecule has 29 heavy (non-hydrogen) atoms. The summed E-state index contributed by atoms with van der Waals surface area (Å²) in [5.41, 5.74) is 0.850. The van der Waals surface area contributed by atoms with Gasteiger partial charge in [0.2, 0.25) is 11.7 Å². The predicted octanol–water partition coefficient (Wildman–Crippen LogP) is 2.87. The highest BCUT2D eigenvalue weighted by Gasteiger charge is 2.36. The summed E-state index contributed by atoms with van der Waals surface area (Å²) >= 11 is 5.90. The van der Waals surface area contributed by atoms with Crippen LogP contribution in [0.25, 0.3) is 11.4 Å². The summed E-state index contributed by atoms with van der Waals surface area (Å²) in [6.07, 6.45) is 0.559. The molecule has 0 spiro atoms. The number of nitrogens with zero attached hydrogens (tertiary/aromatic N) is 4. The Bertz CT molecular complexity index is 843. The number of carbonyl (C=O) groups excluding carboxylic acids is 1. The van der Waals surface area contributed by atoms with Crippen LogP contribution < -0.4 is 5.32 Å². The lowest BCUT2D eigenvalue weighted by molar-refractivity contribution is -0.145. The number of ether oxygens (including phenoxy) is 1. The molecule has 2 atom stereocenters. The molecule has 158 valence electrons. The Morgan fingerprint density at radius 2 is 2.10 bits per heavy atom. The monoisotopic (exact) mass is 533 g/mol. The Kier molecular flexibility index (Phi) is 8.69. The molecule has 1 fully saturated rings. The molecule has 2 aromatic rings. The van der Waals surface area contributed by atoms with Gasteiger partial charge in [-0.3, -0.25) is 9.79 Å². The summed E-state index contributed by atoms with van der Waals surface area (Å²) in [6.45, 7) is 3.98. The van der Waals surface area contributed by atoms with Crippen LogP contribution in [-0.4, -0.2) is 60.8 Å². The summed E-state index contributed by atoms with van der Waals surface area (Å²) < 4.78 is 10.2. The number of benzene rings is 1. The number of likely N-dealkylation sites (tertiary alicyclic amines) is 1. The number of aliphatic imine (C=N–C) groups is 1. The van der Waals surface area contributed by atoms with E-state index in [1.165, 1.54) is 7.11 Å². The molecule has 2 unspecified atom stereocenters. The smallest absolute Gasteiger partial charge is 0.310 e. The standard InChI is InChI=1S/C19H24ClN5O3.HI/c1-12-10-25(11-15(12)18(26)27-3)19(21-2)22-9-8-16-23-17(24-28-16)13-4-6-14(20)7-5-13;/h4-7,12,15H,8-11H2,1-3H3,(H,21,22);1H. The molecule has 1 aliphatic heterocycles. The first-order chi connectivity index (χ1) is 13.5. The van der Waals surface area contributed by atoms with E-state index in [4.69, 9.17) is 20.9 Å². The molecular formula is C19H25ClIN5O3. The van der Waals surface area contributed by atoms with Gasteiger partial charge in [0.25, 0.3) is 0 Å². The number of hydrogen-bond acceptors (Lipinski definition) is 6. The number of halogens is 2. The van der Waals surface area contributed by atoms with E-state index in [9.17, 15) is 4.79 Å². The third-order valence-corrected chi connectivity index (χ3v) is 5.07. The fraction of sp³-hybridized carbons (Fsp3) is 0.474. The quantitative estimate of drug-likeness (QED) is 0.273. The van der Waals surface area contributed by atoms with Gasteiger partial charge in [-0.2, -0.15) is 4.98 Å². The number of guanidine groups is 1. The second-order valence-electron chi connectivity index (χ2n) is 6.75. The van der Waals surface area contributed by atoms with Crippen LogP contribution in [0.15, 0.2) is 33.8 Å². The van der Waals surface area contributed by atoms with Gasteiger partial charge in [-0.25, -0.2) is 0 Å². The van der Waals surface area contributed by atoms with Gasteiger partial charge in [0.1, 0.15) is 0 Å². The van der Waals surface area contributed by atoms with Crippen molar-refractivity contribution in [1.29, 1.82) is 0 Å². The van der Waals surface area contributed by atoms with Crippen LogP contribution in [0.3, 0.4) is 0 Å². The van der Waals surface area contributed by atoms with Gasteiger partial charge in [0.05, 0.1) is 13.0 Å². The average molecular weight is 534 g/mol. The number of esters is 1. The fourth-order valence-corrected chi connectivity index (χ4v) is 3.41. The van der Waals surface area contributed by atoms with E-state index in [-0.39, 0.29) is 41.8 Å². The molecule has 0 aliphatic carbocycles. The summed E-state index contributed by atoms with van der Waals surface area (Å²) in [6, 6.07) is 7.28. The molecule has 1 aliphatic rings. The maximum Gasteiger partial charge on any atom is 0.310 e. The molecule has 1 aromatic heterocycles. The molecule has 0 saturated carbocycles. The molecule has 1 saturated heterocycles. The van der Waals surface area contributed by atoms with Crippen molar-refractivity contribution in [2.24, 2.45) is 16.8 Å². The van der Waals surface area contributed by atoms with E-state index in [0.717, 1.165) is 18.1 Å². The van der Waals surface area contributed by atoms with Crippen LogP contribution in [0.5, 0.6) is 0 Å². The maximum absolute atomic E-state index is 11.9. The van der Waals surface area contributed by atoms with Crippen molar-refractivity contribution in [1.82, 2.24) is 20.4 Å². The van der Waals surface area contributed by atoms with Crippen LogP contribution in [-0.2, 0) is 16.0 Å². The van der Waals surface area contributed by atoms with Crippen LogP contribution >= 0.6 is 35.6 Å². The van der Waals surface area contributed by atoms with Crippen LogP contribution in [0.4, 0.5) is 0 Å². The normalized spacial score (nSPS) is 19.0. The third kappa shape index (κ3) is 5.81. The molecule has 3 rings (SSSR count). The van der Waals surface area contributed by atoms with Crippen molar-refractivity contribution in [3.63, 3.8) is 0 Å². The maximum atomic E-state index is 11.9. The Morgan fingerprint density at radius 3 is 2.76 bits per heavy atom. The van der Waals surface area contributed by atoms with Gasteiger partial charge >= 0.3 is 5.97 Å². The van der Waals surface area contributed by atoms with Crippen LogP contribution in [0.2, 0.25) is 5.02 Å². The van der Waals surface area contributed by atoms with Gasteiger partial charge in [-0.05, 0) is 30.2 Å². The van der Waals surface area contributed by atoms with Gasteiger partial charge in [-0.15, -0.1) is 24.0 Å². The zero-order valence-corrected chi connectivity index (χ0v) is 19.7. The predicted molar refractivity (Wildman–Crippen MR) is 121 cm³/mol. The van der Waals surface area contributed by atoms with Crippen LogP contribution in [0.1, 0.15) is 12.8 Å². The minimum absolute atomic E-state index is 0. The number of methoxy groups -OCH3 is 1. The van der Waals surface area contributed by atoms with E-state index < -0.39 is 0 Å². The van der Waals surface area contributed by atoms with Gasteiger partial charge in [0.15, 0.2) is 5.96 Å². The Hall–Kier alpha value is -1.88. The number of aromatic nitrogens is 2. The SMILES string of the molecule is CN=C(NCCc1nc(-c2ccc(Cl)cc2)no1)N1CC(C)C(C(=O)OC)C1.I. The Labute approximate surface area is 192 Å². The summed E-state index contributed by atoms with van der Waals surface area (Å²) in [4.78, 5) is 22.7. The Balaban J connectivity index is 0.00000300. The number of nitrogens with one attached hydrogen (secondary N) is 1. The van der Waals surface area contributed by atoms with Gasteiger partial charge in [-0.1, -0.05) is 23.7 Å². The molecule has 0 radical (unpaired) electrons. The third-order valence-electron chi connectivity index (χ3n) is 4.82. The summed E-state index contributed by atoms with van der Waals surface area (Å²) in [5.74, 6) is 1.72. The molecule has 0 bridgehead atoms. The second-order valence-corrected chi connectivity index (χ2v) is 7.19. The zero-order valence-electron chi connectivity index (χ0n) is 16.6. The lowest BCUT2D eigenvalue weighted by atomic mass is 9.99. The van der Waals surface area contributed by atoms with Crippen molar-refractivity contribution >= 4 is 47.5 Å². The summed E-state index contributed by atoms with van der Waals surface area (Å²) in [5, 5.41) is 7.96. The first-order valence-corrected chi connectivity index (χ1v) is 9.51. The minimum atomic E-state index is -0.175. The van der Waals surface area contributed by atoms with E-state index in [0.29, 0.717) is 36.2 Å². The van der Waals surface area contributed by atoms with E-state index in [1.807, 2.05) is 19.1 Å². The van der Waals surface area contributed by atoms with Crippen molar-refractivity contribution in [2.75, 3.05) is 33.8 Å².